The Hall–Kier alpha value is -0.420. The maximum atomic E-state index is 6.12. The molecule has 3 aliphatic heterocycles. The van der Waals surface area contributed by atoms with Gasteiger partial charge in [0.05, 0.1) is 25.3 Å². The van der Waals surface area contributed by atoms with Gasteiger partial charge in [0.25, 0.3) is 0 Å². The normalized spacial score (nSPS) is 26.8. The maximum Gasteiger partial charge on any atom is 0.191 e. The van der Waals surface area contributed by atoms with Crippen molar-refractivity contribution in [3.05, 3.63) is 22.4 Å². The van der Waals surface area contributed by atoms with E-state index in [0.29, 0.717) is 12.1 Å². The highest BCUT2D eigenvalue weighted by molar-refractivity contribution is 14.0. The van der Waals surface area contributed by atoms with Crippen LogP contribution in [-0.2, 0) is 4.74 Å². The lowest BCUT2D eigenvalue weighted by atomic mass is 9.97. The van der Waals surface area contributed by atoms with E-state index >= 15 is 0 Å². The van der Waals surface area contributed by atoms with Crippen molar-refractivity contribution in [2.75, 3.05) is 52.4 Å². The van der Waals surface area contributed by atoms with E-state index in [1.54, 1.807) is 0 Å². The van der Waals surface area contributed by atoms with Gasteiger partial charge in [-0.25, -0.2) is 0 Å². The van der Waals surface area contributed by atoms with Crippen LogP contribution in [-0.4, -0.2) is 80.3 Å². The summed E-state index contributed by atoms with van der Waals surface area (Å²) in [6, 6.07) is 5.47. The fourth-order valence-corrected chi connectivity index (χ4v) is 5.80. The van der Waals surface area contributed by atoms with Gasteiger partial charge in [-0.1, -0.05) is 13.0 Å². The number of guanidine groups is 1. The summed E-state index contributed by atoms with van der Waals surface area (Å²) in [5.41, 5.74) is 0. The molecule has 3 aliphatic rings. The summed E-state index contributed by atoms with van der Waals surface area (Å²) in [5.74, 6) is 1.76. The Morgan fingerprint density at radius 3 is 2.84 bits per heavy atom. The Balaban J connectivity index is 0.00000272. The van der Waals surface area contributed by atoms with Crippen LogP contribution in [0.25, 0.3) is 0 Å². The van der Waals surface area contributed by atoms with Gasteiger partial charge in [-0.05, 0) is 69.6 Å². The lowest BCUT2D eigenvalue weighted by Gasteiger charge is -2.36. The smallest absolute Gasteiger partial charge is 0.191 e. The van der Waals surface area contributed by atoms with Crippen LogP contribution in [0.5, 0.6) is 0 Å². The molecule has 2 N–H and O–H groups in total. The van der Waals surface area contributed by atoms with E-state index in [1.165, 1.54) is 50.2 Å². The molecule has 8 heteroatoms. The third kappa shape index (κ3) is 7.03. The van der Waals surface area contributed by atoms with Gasteiger partial charge in [0.1, 0.15) is 0 Å². The lowest BCUT2D eigenvalue weighted by molar-refractivity contribution is -0.0453. The molecule has 1 aromatic heterocycles. The van der Waals surface area contributed by atoms with Crippen LogP contribution in [0, 0.1) is 5.92 Å². The van der Waals surface area contributed by atoms with Crippen molar-refractivity contribution in [2.24, 2.45) is 10.9 Å². The topological polar surface area (TPSA) is 52.1 Å². The molecular formula is C23H40IN5OS. The van der Waals surface area contributed by atoms with E-state index in [9.17, 15) is 0 Å². The van der Waals surface area contributed by atoms with Crippen molar-refractivity contribution in [3.63, 3.8) is 0 Å². The molecule has 4 rings (SSSR count). The number of rotatable bonds is 7. The zero-order chi connectivity index (χ0) is 20.8. The van der Waals surface area contributed by atoms with Gasteiger partial charge in [-0.2, -0.15) is 0 Å². The number of fused-ring (bicyclic) bond motifs is 1. The molecule has 3 unspecified atom stereocenters. The molecule has 3 atom stereocenters. The van der Waals surface area contributed by atoms with Gasteiger partial charge >= 0.3 is 0 Å². The molecule has 6 nitrogen and oxygen atoms in total. The van der Waals surface area contributed by atoms with Crippen LogP contribution in [0.3, 0.4) is 0 Å². The molecule has 0 radical (unpaired) electrons. The number of hydrogen-bond acceptors (Lipinski definition) is 5. The van der Waals surface area contributed by atoms with Gasteiger partial charge in [0, 0.05) is 30.6 Å². The standard InChI is InChI=1S/C23H39N5OS.HI/c1-3-24-23(25-14-20-16-28-10-4-6-19(28)17-29-20)26-15-21(22-7-5-13-30-22)27-11-8-18(2)9-12-27;/h5,7,13,18-21H,3-4,6,8-12,14-17H2,1-2H3,(H2,24,25,26);1H. The molecule has 0 bridgehead atoms. The summed E-state index contributed by atoms with van der Waals surface area (Å²) in [6.07, 6.45) is 5.45. The number of piperidine rings is 1. The monoisotopic (exact) mass is 561 g/mol. The molecule has 0 aromatic carbocycles. The molecule has 0 spiro atoms. The average molecular weight is 562 g/mol. The summed E-state index contributed by atoms with van der Waals surface area (Å²) in [4.78, 5) is 11.7. The van der Waals surface area contributed by atoms with Crippen molar-refractivity contribution in [1.29, 1.82) is 0 Å². The number of likely N-dealkylation sites (tertiary alicyclic amines) is 1. The van der Waals surface area contributed by atoms with Gasteiger partial charge in [-0.3, -0.25) is 14.8 Å². The third-order valence-electron chi connectivity index (χ3n) is 6.86. The zero-order valence-corrected chi connectivity index (χ0v) is 22.2. The Morgan fingerprint density at radius 2 is 2.10 bits per heavy atom. The molecule has 0 saturated carbocycles. The number of thiophene rings is 1. The van der Waals surface area contributed by atoms with Crippen LogP contribution in [0.1, 0.15) is 50.4 Å². The molecule has 3 saturated heterocycles. The number of nitrogens with zero attached hydrogens (tertiary/aromatic N) is 3. The van der Waals surface area contributed by atoms with Crippen molar-refractivity contribution in [2.45, 2.75) is 57.7 Å². The number of hydrogen-bond donors (Lipinski definition) is 2. The van der Waals surface area contributed by atoms with E-state index in [4.69, 9.17) is 9.73 Å². The van der Waals surface area contributed by atoms with Crippen LogP contribution >= 0.6 is 35.3 Å². The summed E-state index contributed by atoms with van der Waals surface area (Å²) in [6.45, 7) is 12.5. The van der Waals surface area contributed by atoms with Crippen molar-refractivity contribution in [1.82, 2.24) is 20.4 Å². The minimum absolute atomic E-state index is 0. The highest BCUT2D eigenvalue weighted by Crippen LogP contribution is 2.29. The number of aliphatic imine (C=N–C) groups is 1. The lowest BCUT2D eigenvalue weighted by Crippen LogP contribution is -2.51. The third-order valence-corrected chi connectivity index (χ3v) is 7.83. The second-order valence-electron chi connectivity index (χ2n) is 9.10. The quantitative estimate of drug-likeness (QED) is 0.303. The van der Waals surface area contributed by atoms with Crippen LogP contribution < -0.4 is 10.6 Å². The van der Waals surface area contributed by atoms with E-state index in [2.05, 4.69) is 51.8 Å². The Bertz CT molecular complexity index is 665. The van der Waals surface area contributed by atoms with Crippen molar-refractivity contribution >= 4 is 41.3 Å². The van der Waals surface area contributed by atoms with Gasteiger partial charge in [0.15, 0.2) is 5.96 Å². The first kappa shape index (κ1) is 25.2. The van der Waals surface area contributed by atoms with E-state index in [0.717, 1.165) is 44.7 Å². The molecular weight excluding hydrogens is 521 g/mol. The Labute approximate surface area is 209 Å². The highest BCUT2D eigenvalue weighted by atomic mass is 127. The largest absolute Gasteiger partial charge is 0.373 e. The predicted molar refractivity (Wildman–Crippen MR) is 141 cm³/mol. The van der Waals surface area contributed by atoms with E-state index in [1.807, 2.05) is 11.3 Å². The van der Waals surface area contributed by atoms with Gasteiger partial charge < -0.3 is 15.4 Å². The van der Waals surface area contributed by atoms with Crippen molar-refractivity contribution < 1.29 is 4.74 Å². The number of ether oxygens (including phenoxy) is 1. The van der Waals surface area contributed by atoms with Crippen molar-refractivity contribution in [3.8, 4) is 0 Å². The summed E-state index contributed by atoms with van der Waals surface area (Å²) >= 11 is 1.86. The first-order valence-corrected chi connectivity index (χ1v) is 12.8. The highest BCUT2D eigenvalue weighted by Gasteiger charge is 2.32. The zero-order valence-electron chi connectivity index (χ0n) is 19.1. The second kappa shape index (κ2) is 12.7. The Kier molecular flexibility index (Phi) is 10.3. The van der Waals surface area contributed by atoms with Crippen LogP contribution in [0.15, 0.2) is 22.5 Å². The fourth-order valence-electron chi connectivity index (χ4n) is 4.95. The first-order chi connectivity index (χ1) is 14.7. The Morgan fingerprint density at radius 1 is 1.26 bits per heavy atom. The number of nitrogens with one attached hydrogen (secondary N) is 2. The molecule has 3 fully saturated rings. The SMILES string of the molecule is CCNC(=NCC(c1cccs1)N1CCC(C)CC1)NCC1CN2CCCC2CO1.I. The molecule has 31 heavy (non-hydrogen) atoms. The summed E-state index contributed by atoms with van der Waals surface area (Å²) in [5, 5.41) is 9.18. The minimum atomic E-state index is 0. The average Bonchev–Trinajstić information content (AvgIpc) is 3.45. The minimum Gasteiger partial charge on any atom is -0.373 e. The van der Waals surface area contributed by atoms with Gasteiger partial charge in [-0.15, -0.1) is 35.3 Å². The molecule has 1 aromatic rings. The summed E-state index contributed by atoms with van der Waals surface area (Å²) in [7, 11) is 0. The van der Waals surface area contributed by atoms with Gasteiger partial charge in [0.2, 0.25) is 0 Å². The summed E-state index contributed by atoms with van der Waals surface area (Å²) < 4.78 is 6.12. The molecule has 0 aliphatic carbocycles. The van der Waals surface area contributed by atoms with Crippen LogP contribution in [0.4, 0.5) is 0 Å². The maximum absolute atomic E-state index is 6.12. The van der Waals surface area contributed by atoms with E-state index < -0.39 is 0 Å². The number of halogens is 1. The van der Waals surface area contributed by atoms with Crippen LogP contribution in [0.2, 0.25) is 0 Å². The first-order valence-electron chi connectivity index (χ1n) is 11.9. The number of morpholine rings is 1. The van der Waals surface area contributed by atoms with E-state index in [-0.39, 0.29) is 30.1 Å². The molecule has 176 valence electrons. The fraction of sp³-hybridized carbons (Fsp3) is 0.783. The predicted octanol–water partition coefficient (Wildman–Crippen LogP) is 3.56. The molecule has 4 heterocycles. The second-order valence-corrected chi connectivity index (χ2v) is 10.1. The molecule has 0 amide bonds.